The van der Waals surface area contributed by atoms with Gasteiger partial charge >= 0.3 is 0 Å². The van der Waals surface area contributed by atoms with Crippen LogP contribution in [0.4, 0.5) is 5.69 Å². The van der Waals surface area contributed by atoms with Crippen LogP contribution in [-0.4, -0.2) is 23.9 Å². The van der Waals surface area contributed by atoms with Gasteiger partial charge in [-0.05, 0) is 36.8 Å². The van der Waals surface area contributed by atoms with Gasteiger partial charge in [-0.1, -0.05) is 13.8 Å². The third kappa shape index (κ3) is 2.33. The van der Waals surface area contributed by atoms with E-state index in [0.29, 0.717) is 11.1 Å². The van der Waals surface area contributed by atoms with E-state index in [1.165, 1.54) is 19.3 Å². The number of nitrogens with two attached hydrogens (primary N) is 1. The van der Waals surface area contributed by atoms with E-state index >= 15 is 0 Å². The van der Waals surface area contributed by atoms with E-state index in [1.54, 1.807) is 0 Å². The molecule has 0 amide bonds. The second-order valence-electron chi connectivity index (χ2n) is 5.19. The van der Waals surface area contributed by atoms with Gasteiger partial charge in [0, 0.05) is 13.1 Å². The van der Waals surface area contributed by atoms with Crippen LogP contribution in [0.15, 0.2) is 18.3 Å². The molecule has 0 atom stereocenters. The number of hydrogen-bond donors (Lipinski definition) is 2. The van der Waals surface area contributed by atoms with Crippen molar-refractivity contribution in [3.8, 4) is 0 Å². The maximum absolute atomic E-state index is 7.34. The molecule has 1 saturated heterocycles. The molecule has 1 fully saturated rings. The average Bonchev–Trinajstić information content (AvgIpc) is 2.84. The lowest BCUT2D eigenvalue weighted by Crippen LogP contribution is -2.26. The van der Waals surface area contributed by atoms with Crippen LogP contribution in [0.1, 0.15) is 38.8 Å². The van der Waals surface area contributed by atoms with Gasteiger partial charge in [0.2, 0.25) is 0 Å². The molecule has 0 aromatic carbocycles. The molecule has 0 spiro atoms. The summed E-state index contributed by atoms with van der Waals surface area (Å²) < 4.78 is 0. The molecule has 2 rings (SSSR count). The fourth-order valence-electron chi connectivity index (χ4n) is 2.72. The van der Waals surface area contributed by atoms with Gasteiger partial charge in [0.1, 0.15) is 11.5 Å². The second kappa shape index (κ2) is 4.96. The first-order valence-corrected chi connectivity index (χ1v) is 6.65. The number of nitrogens with one attached hydrogen (secondary N) is 1. The molecule has 18 heavy (non-hydrogen) atoms. The Morgan fingerprint density at radius 1 is 1.44 bits per heavy atom. The smallest absolute Gasteiger partial charge is 0.141 e. The molecule has 0 saturated carbocycles. The maximum Gasteiger partial charge on any atom is 0.141 e. The monoisotopic (exact) mass is 246 g/mol. The van der Waals surface area contributed by atoms with Crippen LogP contribution < -0.4 is 10.6 Å². The molecule has 1 aliphatic heterocycles. The molecule has 1 aromatic heterocycles. The molecule has 0 radical (unpaired) electrons. The van der Waals surface area contributed by atoms with Gasteiger partial charge in [-0.15, -0.1) is 0 Å². The molecule has 0 unspecified atom stereocenters. The third-order valence-corrected chi connectivity index (χ3v) is 4.33. The van der Waals surface area contributed by atoms with Gasteiger partial charge in [-0.2, -0.15) is 0 Å². The Morgan fingerprint density at radius 3 is 2.61 bits per heavy atom. The quantitative estimate of drug-likeness (QED) is 0.633. The molecular weight excluding hydrogens is 224 g/mol. The number of pyridine rings is 1. The number of nitrogen functional groups attached to an aromatic ring is 1. The molecule has 98 valence electrons. The first-order valence-electron chi connectivity index (χ1n) is 6.65. The van der Waals surface area contributed by atoms with Crippen LogP contribution in [0.25, 0.3) is 0 Å². The molecule has 3 N–H and O–H groups in total. The Kier molecular flexibility index (Phi) is 3.55. The zero-order valence-corrected chi connectivity index (χ0v) is 11.2. The minimum Gasteiger partial charge on any atom is -0.382 e. The third-order valence-electron chi connectivity index (χ3n) is 4.33. The van der Waals surface area contributed by atoms with E-state index in [-0.39, 0.29) is 5.84 Å². The highest BCUT2D eigenvalue weighted by Crippen LogP contribution is 2.38. The Hall–Kier alpha value is -1.58. The van der Waals surface area contributed by atoms with Crippen LogP contribution in [0.3, 0.4) is 0 Å². The zero-order valence-electron chi connectivity index (χ0n) is 11.2. The van der Waals surface area contributed by atoms with E-state index in [2.05, 4.69) is 23.7 Å². The predicted molar refractivity (Wildman–Crippen MR) is 75.1 cm³/mol. The fourth-order valence-corrected chi connectivity index (χ4v) is 2.72. The van der Waals surface area contributed by atoms with E-state index in [0.717, 1.165) is 18.8 Å². The topological polar surface area (TPSA) is 66.0 Å². The van der Waals surface area contributed by atoms with Crippen LogP contribution in [-0.2, 0) is 0 Å². The molecule has 0 aliphatic carbocycles. The summed E-state index contributed by atoms with van der Waals surface area (Å²) in [5, 5.41) is 7.34. The minimum atomic E-state index is 0.0273. The highest BCUT2D eigenvalue weighted by atomic mass is 15.2. The normalized spacial score (nSPS) is 18.0. The van der Waals surface area contributed by atoms with Gasteiger partial charge < -0.3 is 10.6 Å². The lowest BCUT2D eigenvalue weighted by molar-refractivity contribution is 0.301. The SMILES string of the molecule is CCC1(CC)CCN(c2ccc(C(=N)N)nc2)C1. The summed E-state index contributed by atoms with van der Waals surface area (Å²) in [5.74, 6) is 0.0273. The summed E-state index contributed by atoms with van der Waals surface area (Å²) in [7, 11) is 0. The number of nitrogens with zero attached hydrogens (tertiary/aromatic N) is 2. The van der Waals surface area contributed by atoms with E-state index in [9.17, 15) is 0 Å². The minimum absolute atomic E-state index is 0.0273. The van der Waals surface area contributed by atoms with Gasteiger partial charge in [0.15, 0.2) is 0 Å². The lowest BCUT2D eigenvalue weighted by Gasteiger charge is -2.27. The van der Waals surface area contributed by atoms with E-state index in [4.69, 9.17) is 11.1 Å². The molecule has 1 aliphatic rings. The van der Waals surface area contributed by atoms with Crippen LogP contribution in [0, 0.1) is 10.8 Å². The molecular formula is C14H22N4. The van der Waals surface area contributed by atoms with Crippen molar-refractivity contribution < 1.29 is 0 Å². The fraction of sp³-hybridized carbons (Fsp3) is 0.571. The largest absolute Gasteiger partial charge is 0.382 e. The van der Waals surface area contributed by atoms with Crippen LogP contribution >= 0.6 is 0 Å². The predicted octanol–water partition coefficient (Wildman–Crippen LogP) is 2.38. The van der Waals surface area contributed by atoms with Crippen LogP contribution in [0.5, 0.6) is 0 Å². The van der Waals surface area contributed by atoms with E-state index < -0.39 is 0 Å². The van der Waals surface area contributed by atoms with Crippen molar-refractivity contribution in [2.75, 3.05) is 18.0 Å². The Morgan fingerprint density at radius 2 is 2.17 bits per heavy atom. The molecule has 0 bridgehead atoms. The average molecular weight is 246 g/mol. The molecule has 4 heteroatoms. The lowest BCUT2D eigenvalue weighted by atomic mass is 9.82. The van der Waals surface area contributed by atoms with E-state index in [1.807, 2.05) is 18.3 Å². The van der Waals surface area contributed by atoms with Crippen molar-refractivity contribution in [3.63, 3.8) is 0 Å². The number of amidine groups is 1. The van der Waals surface area contributed by atoms with Crippen molar-refractivity contribution >= 4 is 11.5 Å². The zero-order chi connectivity index (χ0) is 13.2. The molecule has 4 nitrogen and oxygen atoms in total. The summed E-state index contributed by atoms with van der Waals surface area (Å²) >= 11 is 0. The summed E-state index contributed by atoms with van der Waals surface area (Å²) in [6, 6.07) is 3.85. The van der Waals surface area contributed by atoms with Gasteiger partial charge in [-0.3, -0.25) is 10.4 Å². The van der Waals surface area contributed by atoms with Gasteiger partial charge in [-0.25, -0.2) is 0 Å². The summed E-state index contributed by atoms with van der Waals surface area (Å²) in [5.41, 5.74) is 7.58. The van der Waals surface area contributed by atoms with Crippen molar-refractivity contribution in [1.29, 1.82) is 5.41 Å². The molecule has 1 aromatic rings. The number of rotatable bonds is 4. The van der Waals surface area contributed by atoms with Crippen molar-refractivity contribution in [2.24, 2.45) is 11.1 Å². The van der Waals surface area contributed by atoms with Crippen molar-refractivity contribution in [2.45, 2.75) is 33.1 Å². The Balaban J connectivity index is 2.12. The van der Waals surface area contributed by atoms with Crippen molar-refractivity contribution in [1.82, 2.24) is 4.98 Å². The standard InChI is InChI=1S/C14H22N4/c1-3-14(4-2)7-8-18(10-14)11-5-6-12(13(15)16)17-9-11/h5-6,9H,3-4,7-8,10H2,1-2H3,(H3,15,16). The Bertz CT molecular complexity index is 420. The van der Waals surface area contributed by atoms with Gasteiger partial charge in [0.25, 0.3) is 0 Å². The summed E-state index contributed by atoms with van der Waals surface area (Å²) in [6.07, 6.45) is 5.56. The summed E-state index contributed by atoms with van der Waals surface area (Å²) in [4.78, 5) is 6.62. The first-order chi connectivity index (χ1) is 8.60. The van der Waals surface area contributed by atoms with Gasteiger partial charge in [0.05, 0.1) is 11.9 Å². The van der Waals surface area contributed by atoms with Crippen molar-refractivity contribution in [3.05, 3.63) is 24.0 Å². The first kappa shape index (κ1) is 12.9. The highest BCUT2D eigenvalue weighted by Gasteiger charge is 2.34. The second-order valence-corrected chi connectivity index (χ2v) is 5.19. The highest BCUT2D eigenvalue weighted by molar-refractivity contribution is 5.93. The number of aromatic nitrogens is 1. The maximum atomic E-state index is 7.34. The molecule has 2 heterocycles. The Labute approximate surface area is 109 Å². The number of hydrogen-bond acceptors (Lipinski definition) is 3. The summed E-state index contributed by atoms with van der Waals surface area (Å²) in [6.45, 7) is 6.78. The number of anilines is 1. The van der Waals surface area contributed by atoms with Crippen LogP contribution in [0.2, 0.25) is 0 Å².